The standard InChI is InChI=1S/C15H21Cl2NO/c1-2-18-14(10-11-6-8-19-9-7-11)12-4-3-5-13(16)15(12)17/h3-5,11,14,18H,2,6-10H2,1H3. The fourth-order valence-corrected chi connectivity index (χ4v) is 3.11. The first-order chi connectivity index (χ1) is 9.22. The zero-order chi connectivity index (χ0) is 13.7. The first kappa shape index (κ1) is 15.1. The van der Waals surface area contributed by atoms with Gasteiger partial charge in [-0.2, -0.15) is 0 Å². The summed E-state index contributed by atoms with van der Waals surface area (Å²) >= 11 is 12.5. The van der Waals surface area contributed by atoms with E-state index in [9.17, 15) is 0 Å². The van der Waals surface area contributed by atoms with Crippen LogP contribution in [0.25, 0.3) is 0 Å². The molecule has 4 heteroatoms. The Morgan fingerprint density at radius 2 is 2.05 bits per heavy atom. The third-order valence-electron chi connectivity index (χ3n) is 3.72. The first-order valence-electron chi connectivity index (χ1n) is 6.97. The highest BCUT2D eigenvalue weighted by atomic mass is 35.5. The summed E-state index contributed by atoms with van der Waals surface area (Å²) < 4.78 is 5.42. The molecule has 1 aliphatic rings. The Labute approximate surface area is 125 Å². The van der Waals surface area contributed by atoms with Gasteiger partial charge < -0.3 is 10.1 Å². The van der Waals surface area contributed by atoms with Gasteiger partial charge >= 0.3 is 0 Å². The highest BCUT2D eigenvalue weighted by Gasteiger charge is 2.22. The van der Waals surface area contributed by atoms with Crippen molar-refractivity contribution in [2.24, 2.45) is 5.92 Å². The molecule has 0 aromatic heterocycles. The minimum atomic E-state index is 0.277. The number of hydrogen-bond acceptors (Lipinski definition) is 2. The van der Waals surface area contributed by atoms with Crippen molar-refractivity contribution in [1.29, 1.82) is 0 Å². The number of hydrogen-bond donors (Lipinski definition) is 1. The summed E-state index contributed by atoms with van der Waals surface area (Å²) in [5, 5.41) is 4.85. The lowest BCUT2D eigenvalue weighted by Crippen LogP contribution is -2.26. The van der Waals surface area contributed by atoms with E-state index < -0.39 is 0 Å². The predicted molar refractivity (Wildman–Crippen MR) is 81.0 cm³/mol. The molecule has 106 valence electrons. The van der Waals surface area contributed by atoms with Crippen molar-refractivity contribution < 1.29 is 4.74 Å². The topological polar surface area (TPSA) is 21.3 Å². The van der Waals surface area contributed by atoms with Crippen LogP contribution in [0.1, 0.15) is 37.8 Å². The smallest absolute Gasteiger partial charge is 0.0640 e. The molecule has 1 aromatic carbocycles. The summed E-state index contributed by atoms with van der Waals surface area (Å²) in [4.78, 5) is 0. The predicted octanol–water partition coefficient (Wildman–Crippen LogP) is 4.46. The Morgan fingerprint density at radius 1 is 1.32 bits per heavy atom. The first-order valence-corrected chi connectivity index (χ1v) is 7.73. The quantitative estimate of drug-likeness (QED) is 0.867. The van der Waals surface area contributed by atoms with Gasteiger partial charge in [0.05, 0.1) is 10.0 Å². The van der Waals surface area contributed by atoms with Crippen molar-refractivity contribution in [2.45, 2.75) is 32.2 Å². The summed E-state index contributed by atoms with van der Waals surface area (Å²) in [6.07, 6.45) is 3.37. The van der Waals surface area contributed by atoms with Gasteiger partial charge in [0.2, 0.25) is 0 Å². The van der Waals surface area contributed by atoms with Crippen LogP contribution in [-0.4, -0.2) is 19.8 Å². The Kier molecular flexibility index (Phi) is 5.96. The van der Waals surface area contributed by atoms with E-state index in [0.717, 1.165) is 44.6 Å². The fourth-order valence-electron chi connectivity index (χ4n) is 2.67. The van der Waals surface area contributed by atoms with Crippen molar-refractivity contribution in [3.05, 3.63) is 33.8 Å². The highest BCUT2D eigenvalue weighted by molar-refractivity contribution is 6.42. The summed E-state index contributed by atoms with van der Waals surface area (Å²) in [6.45, 7) is 4.81. The zero-order valence-electron chi connectivity index (χ0n) is 11.3. The van der Waals surface area contributed by atoms with Gasteiger partial charge in [0.25, 0.3) is 0 Å². The number of rotatable bonds is 5. The molecule has 1 unspecified atom stereocenters. The second kappa shape index (κ2) is 7.49. The van der Waals surface area contributed by atoms with Crippen LogP contribution in [-0.2, 0) is 4.74 Å². The molecule has 19 heavy (non-hydrogen) atoms. The maximum atomic E-state index is 6.34. The molecule has 0 aliphatic carbocycles. The average Bonchev–Trinajstić information content (AvgIpc) is 2.43. The monoisotopic (exact) mass is 301 g/mol. The van der Waals surface area contributed by atoms with Crippen molar-refractivity contribution in [2.75, 3.05) is 19.8 Å². The lowest BCUT2D eigenvalue weighted by Gasteiger charge is -2.28. The van der Waals surface area contributed by atoms with Crippen LogP contribution < -0.4 is 5.32 Å². The van der Waals surface area contributed by atoms with Crippen molar-refractivity contribution in [3.8, 4) is 0 Å². The van der Waals surface area contributed by atoms with Crippen LogP contribution in [0.5, 0.6) is 0 Å². The van der Waals surface area contributed by atoms with E-state index in [1.807, 2.05) is 12.1 Å². The molecule has 1 aliphatic heterocycles. The molecule has 1 aromatic rings. The van der Waals surface area contributed by atoms with Crippen LogP contribution in [0.15, 0.2) is 18.2 Å². The minimum Gasteiger partial charge on any atom is -0.381 e. The molecule has 1 fully saturated rings. The number of halogens is 2. The van der Waals surface area contributed by atoms with Crippen LogP contribution >= 0.6 is 23.2 Å². The van der Waals surface area contributed by atoms with Gasteiger partial charge in [-0.25, -0.2) is 0 Å². The molecule has 0 radical (unpaired) electrons. The van der Waals surface area contributed by atoms with Gasteiger partial charge in [-0.05, 0) is 43.4 Å². The SMILES string of the molecule is CCNC(CC1CCOCC1)c1cccc(Cl)c1Cl. The Morgan fingerprint density at radius 3 is 2.74 bits per heavy atom. The van der Waals surface area contributed by atoms with Crippen molar-refractivity contribution >= 4 is 23.2 Å². The molecule has 0 spiro atoms. The number of nitrogens with one attached hydrogen (secondary N) is 1. The molecule has 0 amide bonds. The van der Waals surface area contributed by atoms with E-state index in [-0.39, 0.29) is 6.04 Å². The van der Waals surface area contributed by atoms with Crippen LogP contribution in [0, 0.1) is 5.92 Å². The molecule has 1 atom stereocenters. The summed E-state index contributed by atoms with van der Waals surface area (Å²) in [5.74, 6) is 0.702. The molecule has 2 nitrogen and oxygen atoms in total. The Balaban J connectivity index is 2.11. The van der Waals surface area contributed by atoms with Crippen LogP contribution in [0.4, 0.5) is 0 Å². The van der Waals surface area contributed by atoms with Gasteiger partial charge in [0, 0.05) is 19.3 Å². The average molecular weight is 302 g/mol. The van der Waals surface area contributed by atoms with Crippen molar-refractivity contribution in [1.82, 2.24) is 5.32 Å². The third-order valence-corrected chi connectivity index (χ3v) is 4.55. The van der Waals surface area contributed by atoms with Gasteiger partial charge in [0.15, 0.2) is 0 Å². The summed E-state index contributed by atoms with van der Waals surface area (Å²) in [7, 11) is 0. The second-order valence-electron chi connectivity index (χ2n) is 5.04. The fraction of sp³-hybridized carbons (Fsp3) is 0.600. The summed E-state index contributed by atoms with van der Waals surface area (Å²) in [6, 6.07) is 6.16. The molecule has 1 heterocycles. The van der Waals surface area contributed by atoms with E-state index in [2.05, 4.69) is 18.3 Å². The lowest BCUT2D eigenvalue weighted by molar-refractivity contribution is 0.0606. The van der Waals surface area contributed by atoms with Gasteiger partial charge in [-0.3, -0.25) is 0 Å². The van der Waals surface area contributed by atoms with E-state index in [1.54, 1.807) is 0 Å². The minimum absolute atomic E-state index is 0.277. The van der Waals surface area contributed by atoms with Crippen molar-refractivity contribution in [3.63, 3.8) is 0 Å². The number of ether oxygens (including phenoxy) is 1. The van der Waals surface area contributed by atoms with Gasteiger partial charge in [0.1, 0.15) is 0 Å². The van der Waals surface area contributed by atoms with E-state index in [0.29, 0.717) is 16.0 Å². The third kappa shape index (κ3) is 4.09. The highest BCUT2D eigenvalue weighted by Crippen LogP contribution is 2.34. The summed E-state index contributed by atoms with van der Waals surface area (Å²) in [5.41, 5.74) is 1.11. The molecular weight excluding hydrogens is 281 g/mol. The normalized spacial score (nSPS) is 18.5. The van der Waals surface area contributed by atoms with Gasteiger partial charge in [-0.1, -0.05) is 42.3 Å². The molecule has 1 N–H and O–H groups in total. The molecule has 1 saturated heterocycles. The van der Waals surface area contributed by atoms with E-state index in [1.165, 1.54) is 0 Å². The molecular formula is C15H21Cl2NO. The number of benzene rings is 1. The largest absolute Gasteiger partial charge is 0.381 e. The van der Waals surface area contributed by atoms with E-state index >= 15 is 0 Å². The molecule has 2 rings (SSSR count). The second-order valence-corrected chi connectivity index (χ2v) is 5.83. The van der Waals surface area contributed by atoms with Crippen LogP contribution in [0.2, 0.25) is 10.0 Å². The van der Waals surface area contributed by atoms with E-state index in [4.69, 9.17) is 27.9 Å². The van der Waals surface area contributed by atoms with Crippen LogP contribution in [0.3, 0.4) is 0 Å². The zero-order valence-corrected chi connectivity index (χ0v) is 12.8. The maximum Gasteiger partial charge on any atom is 0.0640 e. The lowest BCUT2D eigenvalue weighted by atomic mass is 9.89. The Hall–Kier alpha value is -0.280. The molecule has 0 saturated carbocycles. The maximum absolute atomic E-state index is 6.34. The molecule has 0 bridgehead atoms. The van der Waals surface area contributed by atoms with Gasteiger partial charge in [-0.15, -0.1) is 0 Å². The Bertz CT molecular complexity index is 405.